The zero-order valence-electron chi connectivity index (χ0n) is 12.8. The van der Waals surface area contributed by atoms with Crippen LogP contribution in [-0.2, 0) is 10.2 Å². The molecule has 1 aromatic heterocycles. The van der Waals surface area contributed by atoms with Crippen LogP contribution in [0.1, 0.15) is 29.1 Å². The lowest BCUT2D eigenvalue weighted by atomic mass is 9.71. The van der Waals surface area contributed by atoms with E-state index >= 15 is 0 Å². The summed E-state index contributed by atoms with van der Waals surface area (Å²) >= 11 is 1.98. The number of aromatic amines is 1. The van der Waals surface area contributed by atoms with Crippen molar-refractivity contribution < 1.29 is 19.1 Å². The van der Waals surface area contributed by atoms with Gasteiger partial charge in [0.1, 0.15) is 11.1 Å². The average Bonchev–Trinajstić information content (AvgIpc) is 2.88. The molecule has 0 unspecified atom stereocenters. The number of thioether (sulfide) groups is 1. The maximum atomic E-state index is 13.1. The summed E-state index contributed by atoms with van der Waals surface area (Å²) in [5.41, 5.74) is -0.577. The van der Waals surface area contributed by atoms with Crippen molar-refractivity contribution in [3.63, 3.8) is 0 Å². The quantitative estimate of drug-likeness (QED) is 0.815. The molecule has 1 aromatic carbocycles. The van der Waals surface area contributed by atoms with E-state index in [2.05, 4.69) is 4.98 Å². The number of benzene rings is 1. The highest BCUT2D eigenvalue weighted by molar-refractivity contribution is 8.00. The molecule has 2 atom stereocenters. The van der Waals surface area contributed by atoms with Crippen molar-refractivity contribution in [1.29, 1.82) is 0 Å². The Morgan fingerprint density at radius 2 is 1.88 bits per heavy atom. The Balaban J connectivity index is 2.12. The molecule has 126 valence electrons. The summed E-state index contributed by atoms with van der Waals surface area (Å²) in [4.78, 5) is 39.4. The van der Waals surface area contributed by atoms with E-state index in [1.165, 1.54) is 24.3 Å². The van der Waals surface area contributed by atoms with Crippen LogP contribution in [0, 0.1) is 11.7 Å². The topological polar surface area (TPSA) is 87.2 Å². The van der Waals surface area contributed by atoms with Gasteiger partial charge in [0.15, 0.2) is 5.78 Å². The van der Waals surface area contributed by atoms with Gasteiger partial charge < -0.3 is 10.1 Å². The molecular formula is C16H14FNO4S2. The molecule has 0 bridgehead atoms. The zero-order chi connectivity index (χ0) is 17.6. The Kier molecular flexibility index (Phi) is 4.13. The molecule has 0 saturated carbocycles. The van der Waals surface area contributed by atoms with Crippen molar-refractivity contribution in [3.05, 3.63) is 50.2 Å². The number of H-pyrrole nitrogens is 1. The number of hydrogen-bond donors (Lipinski definition) is 2. The van der Waals surface area contributed by atoms with E-state index in [1.54, 1.807) is 13.8 Å². The molecule has 0 fully saturated rings. The minimum absolute atomic E-state index is 0.257. The first kappa shape index (κ1) is 16.9. The third-order valence-electron chi connectivity index (χ3n) is 4.18. The van der Waals surface area contributed by atoms with Crippen LogP contribution in [0.3, 0.4) is 0 Å². The number of aromatic nitrogens is 1. The second kappa shape index (κ2) is 5.86. The maximum absolute atomic E-state index is 13.1. The molecule has 1 aliphatic rings. The SMILES string of the molecule is CC1(C)c2sc(=O)[nH]c2S[C@@H](C(=O)O)[C@H]1C(=O)c1ccc(F)cc1. The van der Waals surface area contributed by atoms with Crippen molar-refractivity contribution in [3.8, 4) is 0 Å². The number of hydrogen-bond acceptors (Lipinski definition) is 5. The van der Waals surface area contributed by atoms with Gasteiger partial charge in [-0.05, 0) is 24.3 Å². The summed E-state index contributed by atoms with van der Waals surface area (Å²) in [6, 6.07) is 5.05. The van der Waals surface area contributed by atoms with Crippen LogP contribution >= 0.6 is 23.1 Å². The summed E-state index contributed by atoms with van der Waals surface area (Å²) in [7, 11) is 0. The summed E-state index contributed by atoms with van der Waals surface area (Å²) in [6.45, 7) is 3.52. The zero-order valence-corrected chi connectivity index (χ0v) is 14.5. The van der Waals surface area contributed by atoms with Crippen LogP contribution in [0.2, 0.25) is 0 Å². The fourth-order valence-corrected chi connectivity index (χ4v) is 5.67. The van der Waals surface area contributed by atoms with Gasteiger partial charge in [0.05, 0.1) is 10.9 Å². The second-order valence-electron chi connectivity index (χ2n) is 6.12. The normalized spacial score (nSPS) is 22.0. The fourth-order valence-electron chi connectivity index (χ4n) is 2.99. The molecule has 0 spiro atoms. The fraction of sp³-hybridized carbons (Fsp3) is 0.312. The molecule has 2 heterocycles. The molecule has 2 aromatic rings. The highest BCUT2D eigenvalue weighted by atomic mass is 32.2. The van der Waals surface area contributed by atoms with E-state index in [0.29, 0.717) is 9.90 Å². The van der Waals surface area contributed by atoms with E-state index in [1.807, 2.05) is 0 Å². The molecule has 3 rings (SSSR count). The monoisotopic (exact) mass is 367 g/mol. The molecule has 0 radical (unpaired) electrons. The molecule has 0 aliphatic carbocycles. The number of halogens is 1. The van der Waals surface area contributed by atoms with Gasteiger partial charge in [-0.3, -0.25) is 14.4 Å². The van der Waals surface area contributed by atoms with Crippen LogP contribution in [0.4, 0.5) is 4.39 Å². The van der Waals surface area contributed by atoms with Gasteiger partial charge in [0.25, 0.3) is 0 Å². The van der Waals surface area contributed by atoms with Crippen LogP contribution < -0.4 is 4.87 Å². The van der Waals surface area contributed by atoms with Gasteiger partial charge in [0.2, 0.25) is 0 Å². The number of carboxylic acid groups (broad SMARTS) is 1. The van der Waals surface area contributed by atoms with Crippen molar-refractivity contribution in [1.82, 2.24) is 4.98 Å². The smallest absolute Gasteiger partial charge is 0.317 e. The Morgan fingerprint density at radius 3 is 2.46 bits per heavy atom. The average molecular weight is 367 g/mol. The first-order chi connectivity index (χ1) is 11.2. The largest absolute Gasteiger partial charge is 0.480 e. The molecule has 5 nitrogen and oxygen atoms in total. The number of rotatable bonds is 3. The number of carbonyl (C=O) groups excluding carboxylic acids is 1. The highest BCUT2D eigenvalue weighted by Gasteiger charge is 2.51. The predicted molar refractivity (Wildman–Crippen MR) is 89.5 cm³/mol. The van der Waals surface area contributed by atoms with E-state index in [4.69, 9.17) is 0 Å². The van der Waals surface area contributed by atoms with Crippen molar-refractivity contribution >= 4 is 34.9 Å². The lowest BCUT2D eigenvalue weighted by Crippen LogP contribution is -2.47. The maximum Gasteiger partial charge on any atom is 0.317 e. The second-order valence-corrected chi connectivity index (χ2v) is 8.25. The third kappa shape index (κ3) is 2.69. The van der Waals surface area contributed by atoms with Crippen LogP contribution in [-0.4, -0.2) is 27.1 Å². The number of fused-ring (bicyclic) bond motifs is 1. The predicted octanol–water partition coefficient (Wildman–Crippen LogP) is 2.91. The number of nitrogens with one attached hydrogen (secondary N) is 1. The molecule has 8 heteroatoms. The molecule has 24 heavy (non-hydrogen) atoms. The Morgan fingerprint density at radius 1 is 1.25 bits per heavy atom. The van der Waals surface area contributed by atoms with E-state index in [-0.39, 0.29) is 16.2 Å². The Hall–Kier alpha value is -1.93. The summed E-state index contributed by atoms with van der Waals surface area (Å²) in [5, 5.41) is 9.06. The highest BCUT2D eigenvalue weighted by Crippen LogP contribution is 2.50. The number of Topliss-reactive ketones (excluding diaryl/α,β-unsaturated/α-hetero) is 1. The molecule has 1 aliphatic heterocycles. The van der Waals surface area contributed by atoms with Crippen molar-refractivity contribution in [2.75, 3.05) is 0 Å². The number of thiazole rings is 1. The van der Waals surface area contributed by atoms with Crippen LogP contribution in [0.25, 0.3) is 0 Å². The number of ketones is 1. The first-order valence-electron chi connectivity index (χ1n) is 7.14. The van der Waals surface area contributed by atoms with Crippen LogP contribution in [0.5, 0.6) is 0 Å². The Bertz CT molecular complexity index is 869. The van der Waals surface area contributed by atoms with Crippen molar-refractivity contribution in [2.45, 2.75) is 29.5 Å². The number of carbonyl (C=O) groups is 2. The van der Waals surface area contributed by atoms with E-state index < -0.39 is 28.4 Å². The van der Waals surface area contributed by atoms with Gasteiger partial charge in [0, 0.05) is 15.9 Å². The van der Waals surface area contributed by atoms with Crippen molar-refractivity contribution in [2.24, 2.45) is 5.92 Å². The van der Waals surface area contributed by atoms with Gasteiger partial charge in [-0.2, -0.15) is 0 Å². The summed E-state index contributed by atoms with van der Waals surface area (Å²) in [5.74, 6) is -2.83. The minimum atomic E-state index is -1.12. The number of carboxylic acids is 1. The van der Waals surface area contributed by atoms with Gasteiger partial charge in [-0.25, -0.2) is 4.39 Å². The lowest BCUT2D eigenvalue weighted by Gasteiger charge is -2.40. The summed E-state index contributed by atoms with van der Waals surface area (Å²) in [6.07, 6.45) is 0. The molecular weight excluding hydrogens is 353 g/mol. The first-order valence-corrected chi connectivity index (χ1v) is 8.84. The molecule has 2 N–H and O–H groups in total. The lowest BCUT2D eigenvalue weighted by molar-refractivity contribution is -0.137. The minimum Gasteiger partial charge on any atom is -0.480 e. The Labute approximate surface area is 144 Å². The van der Waals surface area contributed by atoms with Crippen LogP contribution in [0.15, 0.2) is 34.1 Å². The van der Waals surface area contributed by atoms with Gasteiger partial charge in [-0.15, -0.1) is 0 Å². The number of aliphatic carboxylic acids is 1. The molecule has 0 amide bonds. The summed E-state index contributed by atoms with van der Waals surface area (Å²) < 4.78 is 13.1. The van der Waals surface area contributed by atoms with Gasteiger partial charge >= 0.3 is 10.8 Å². The van der Waals surface area contributed by atoms with E-state index in [9.17, 15) is 23.9 Å². The molecule has 0 saturated heterocycles. The van der Waals surface area contributed by atoms with Gasteiger partial charge in [-0.1, -0.05) is 36.9 Å². The van der Waals surface area contributed by atoms with E-state index in [0.717, 1.165) is 23.1 Å². The standard InChI is InChI=1S/C16H14FNO4S2/c1-16(2)9(10(19)7-3-5-8(17)6-4-7)11(14(20)21)23-13-12(16)24-15(22)18-13/h3-6,9,11H,1-2H3,(H,18,22)(H,20,21)/t9-,11-/m1/s1. The third-order valence-corrected chi connectivity index (χ3v) is 6.80.